The lowest BCUT2D eigenvalue weighted by Gasteiger charge is -2.34. The smallest absolute Gasteiger partial charge is 0.417 e. The van der Waals surface area contributed by atoms with E-state index in [1.54, 1.807) is 16.4 Å². The molecule has 2 aliphatic rings. The summed E-state index contributed by atoms with van der Waals surface area (Å²) in [6.07, 6.45) is -2.34. The highest BCUT2D eigenvalue weighted by Crippen LogP contribution is 2.35. The number of anilines is 1. The van der Waals surface area contributed by atoms with Gasteiger partial charge in [0.2, 0.25) is 0 Å². The molecule has 6 nitrogen and oxygen atoms in total. The number of aliphatic carboxylic acids is 1. The maximum Gasteiger partial charge on any atom is 0.417 e. The Bertz CT molecular complexity index is 931. The van der Waals surface area contributed by atoms with Crippen molar-refractivity contribution in [1.29, 1.82) is 0 Å². The number of aromatic nitrogens is 1. The maximum atomic E-state index is 13.0. The number of fused-ring (bicyclic) bond motifs is 1. The van der Waals surface area contributed by atoms with Gasteiger partial charge in [-0.1, -0.05) is 6.07 Å². The lowest BCUT2D eigenvalue weighted by Crippen LogP contribution is -2.48. The molecule has 1 aliphatic heterocycles. The number of hydrogen-bond acceptors (Lipinski definition) is 5. The zero-order chi connectivity index (χ0) is 21.5. The molecule has 1 aromatic carbocycles. The van der Waals surface area contributed by atoms with Gasteiger partial charge in [-0.2, -0.15) is 13.2 Å². The van der Waals surface area contributed by atoms with Gasteiger partial charge in [0, 0.05) is 19.3 Å². The van der Waals surface area contributed by atoms with Gasteiger partial charge in [-0.05, 0) is 48.2 Å². The second-order valence-electron chi connectivity index (χ2n) is 7.36. The fourth-order valence-electron chi connectivity index (χ4n) is 3.92. The third kappa shape index (κ3) is 4.12. The zero-order valence-corrected chi connectivity index (χ0v) is 16.7. The highest BCUT2D eigenvalue weighted by Gasteiger charge is 2.34. The van der Waals surface area contributed by atoms with E-state index in [2.05, 4.69) is 4.98 Å². The van der Waals surface area contributed by atoms with E-state index in [1.165, 1.54) is 6.07 Å². The molecular formula is C20H20F3N3O3S. The van der Waals surface area contributed by atoms with Gasteiger partial charge in [0.1, 0.15) is 5.82 Å². The molecule has 2 atom stereocenters. The first-order valence-corrected chi connectivity index (χ1v) is 10.7. The molecule has 0 amide bonds. The second-order valence-corrected chi connectivity index (χ2v) is 8.84. The van der Waals surface area contributed by atoms with Gasteiger partial charge in [-0.3, -0.25) is 4.79 Å². The Labute approximate surface area is 174 Å². The third-order valence-electron chi connectivity index (χ3n) is 5.57. The number of aryl methyl sites for hydroxylation is 1. The molecule has 0 radical (unpaired) electrons. The van der Waals surface area contributed by atoms with Crippen molar-refractivity contribution in [2.75, 3.05) is 31.1 Å². The number of pyridine rings is 1. The Morgan fingerprint density at radius 2 is 1.90 bits per heavy atom. The Hall–Kier alpha value is -2.30. The van der Waals surface area contributed by atoms with Gasteiger partial charge in [0.25, 0.3) is 0 Å². The van der Waals surface area contributed by atoms with E-state index in [-0.39, 0.29) is 0 Å². The Morgan fingerprint density at radius 3 is 2.50 bits per heavy atom. The Kier molecular flexibility index (Phi) is 5.65. The number of carboxylic acid groups (broad SMARTS) is 1. The Balaban J connectivity index is 1.41. The monoisotopic (exact) mass is 439 g/mol. The van der Waals surface area contributed by atoms with E-state index in [9.17, 15) is 27.6 Å². The van der Waals surface area contributed by atoms with Gasteiger partial charge >= 0.3 is 12.1 Å². The minimum Gasteiger partial charge on any atom is -0.593 e. The van der Waals surface area contributed by atoms with E-state index in [4.69, 9.17) is 0 Å². The van der Waals surface area contributed by atoms with Crippen LogP contribution < -0.4 is 4.90 Å². The normalized spacial score (nSPS) is 20.8. The fraction of sp³-hybridized carbons (Fsp3) is 0.400. The first-order valence-electron chi connectivity index (χ1n) is 9.54. The minimum absolute atomic E-state index is 0.453. The average molecular weight is 439 g/mol. The molecule has 1 aliphatic carbocycles. The first-order chi connectivity index (χ1) is 14.2. The molecule has 30 heavy (non-hydrogen) atoms. The predicted molar refractivity (Wildman–Crippen MR) is 105 cm³/mol. The van der Waals surface area contributed by atoms with Crippen LogP contribution in [0.4, 0.5) is 19.0 Å². The highest BCUT2D eigenvalue weighted by molar-refractivity contribution is 7.89. The quantitative estimate of drug-likeness (QED) is 0.738. The van der Waals surface area contributed by atoms with Crippen molar-refractivity contribution in [2.45, 2.75) is 29.8 Å². The zero-order valence-electron chi connectivity index (χ0n) is 15.9. The SMILES string of the molecule is O=C(O)C1CCc2ccc([S+]([O-])N3CCN(c4ccc(C(F)(F)F)cn4)CC3)cc21. The highest BCUT2D eigenvalue weighted by atomic mass is 32.2. The van der Waals surface area contributed by atoms with E-state index in [0.717, 1.165) is 23.4 Å². The average Bonchev–Trinajstić information content (AvgIpc) is 3.16. The van der Waals surface area contributed by atoms with Crippen molar-refractivity contribution in [3.63, 3.8) is 0 Å². The fourth-order valence-corrected chi connectivity index (χ4v) is 5.12. The number of hydrogen-bond donors (Lipinski definition) is 1. The van der Waals surface area contributed by atoms with Crippen molar-refractivity contribution in [3.05, 3.63) is 53.2 Å². The van der Waals surface area contributed by atoms with Crippen molar-refractivity contribution < 1.29 is 27.6 Å². The largest absolute Gasteiger partial charge is 0.593 e. The molecule has 1 aromatic heterocycles. The van der Waals surface area contributed by atoms with Gasteiger partial charge in [-0.25, -0.2) is 4.98 Å². The van der Waals surface area contributed by atoms with E-state index >= 15 is 0 Å². The molecule has 2 unspecified atom stereocenters. The van der Waals surface area contributed by atoms with Crippen LogP contribution in [0.1, 0.15) is 29.0 Å². The lowest BCUT2D eigenvalue weighted by atomic mass is 10.0. The van der Waals surface area contributed by atoms with Crippen LogP contribution in [0, 0.1) is 0 Å². The molecular weight excluding hydrogens is 419 g/mol. The molecule has 1 N–H and O–H groups in total. The first kappa shape index (κ1) is 21.0. The molecule has 4 rings (SSSR count). The van der Waals surface area contributed by atoms with Crippen LogP contribution in [0.5, 0.6) is 0 Å². The van der Waals surface area contributed by atoms with Gasteiger partial charge in [-0.15, -0.1) is 4.31 Å². The van der Waals surface area contributed by atoms with Gasteiger partial charge < -0.3 is 14.6 Å². The lowest BCUT2D eigenvalue weighted by molar-refractivity contribution is -0.139. The molecule has 0 bridgehead atoms. The van der Waals surface area contributed by atoms with Crippen LogP contribution in [0.3, 0.4) is 0 Å². The molecule has 2 aromatic rings. The van der Waals surface area contributed by atoms with Crippen LogP contribution in [0.15, 0.2) is 41.4 Å². The number of rotatable bonds is 4. The molecule has 1 fully saturated rings. The van der Waals surface area contributed by atoms with Crippen LogP contribution >= 0.6 is 0 Å². The van der Waals surface area contributed by atoms with Crippen molar-refractivity contribution >= 4 is 23.1 Å². The van der Waals surface area contributed by atoms with Crippen molar-refractivity contribution in [3.8, 4) is 0 Å². The number of carboxylic acids is 1. The van der Waals surface area contributed by atoms with Crippen LogP contribution in [-0.4, -0.2) is 51.1 Å². The summed E-state index contributed by atoms with van der Waals surface area (Å²) in [5.74, 6) is -0.968. The summed E-state index contributed by atoms with van der Waals surface area (Å²) in [6.45, 7) is 1.86. The number of benzene rings is 1. The van der Waals surface area contributed by atoms with Gasteiger partial charge in [0.15, 0.2) is 4.90 Å². The summed E-state index contributed by atoms with van der Waals surface area (Å²) >= 11 is -1.43. The number of alkyl halides is 3. The topological polar surface area (TPSA) is 79.7 Å². The van der Waals surface area contributed by atoms with E-state index < -0.39 is 35.0 Å². The van der Waals surface area contributed by atoms with E-state index in [1.807, 2.05) is 11.0 Å². The second kappa shape index (κ2) is 8.09. The summed E-state index contributed by atoms with van der Waals surface area (Å²) < 4.78 is 52.9. The van der Waals surface area contributed by atoms with Crippen molar-refractivity contribution in [1.82, 2.24) is 9.29 Å². The van der Waals surface area contributed by atoms with Gasteiger partial charge in [0.05, 0.1) is 35.9 Å². The van der Waals surface area contributed by atoms with Crippen LogP contribution in [0.25, 0.3) is 0 Å². The number of halogens is 3. The summed E-state index contributed by atoms with van der Waals surface area (Å²) in [6, 6.07) is 7.73. The number of nitrogens with zero attached hydrogens (tertiary/aromatic N) is 3. The maximum absolute atomic E-state index is 13.0. The summed E-state index contributed by atoms with van der Waals surface area (Å²) in [4.78, 5) is 17.8. The number of carbonyl (C=O) groups is 1. The van der Waals surface area contributed by atoms with Crippen LogP contribution in [0.2, 0.25) is 0 Å². The number of piperazine rings is 1. The summed E-state index contributed by atoms with van der Waals surface area (Å²) in [7, 11) is 0. The van der Waals surface area contributed by atoms with Crippen molar-refractivity contribution in [2.24, 2.45) is 0 Å². The summed E-state index contributed by atoms with van der Waals surface area (Å²) in [5.41, 5.74) is 0.935. The molecule has 2 heterocycles. The molecule has 1 saturated heterocycles. The molecule has 0 saturated carbocycles. The van der Waals surface area contributed by atoms with Crippen LogP contribution in [-0.2, 0) is 28.8 Å². The Morgan fingerprint density at radius 1 is 1.17 bits per heavy atom. The molecule has 0 spiro atoms. The molecule has 160 valence electrons. The van der Waals surface area contributed by atoms with E-state index in [0.29, 0.717) is 49.7 Å². The summed E-state index contributed by atoms with van der Waals surface area (Å²) in [5, 5.41) is 9.38. The molecule has 10 heteroatoms. The third-order valence-corrected chi connectivity index (χ3v) is 7.06. The minimum atomic E-state index is -4.42. The standard InChI is InChI=1S/C20H20F3N3O3S/c21-20(22,23)14-3-6-18(24-12-14)25-7-9-26(10-8-25)30(29)15-4-1-13-2-5-16(19(27)28)17(13)11-15/h1,3-4,6,11-12,16H,2,5,7-10H2,(H,27,28). The predicted octanol–water partition coefficient (Wildman–Crippen LogP) is 3.06.